The zero-order valence-electron chi connectivity index (χ0n) is 17.5. The maximum Gasteiger partial charge on any atom is 0.332 e. The first-order chi connectivity index (χ1) is 15.4. The number of aliphatic hydroxyl groups is 1. The van der Waals surface area contributed by atoms with E-state index in [1.807, 2.05) is 0 Å². The number of rotatable bonds is 4. The van der Waals surface area contributed by atoms with Crippen molar-refractivity contribution in [1.29, 1.82) is 0 Å². The number of hydrogen-bond donors (Lipinski definition) is 3. The van der Waals surface area contributed by atoms with Gasteiger partial charge in [-0.2, -0.15) is 6.57 Å². The molecule has 0 radical (unpaired) electrons. The molecule has 0 aromatic heterocycles. The van der Waals surface area contributed by atoms with Crippen molar-refractivity contribution in [2.75, 3.05) is 18.5 Å². The molecule has 3 aliphatic rings. The van der Waals surface area contributed by atoms with Crippen molar-refractivity contribution in [3.05, 3.63) is 69.7 Å². The molecular weight excluding hydrogens is 428 g/mol. The Bertz CT molecular complexity index is 1220. The highest BCUT2D eigenvalue weighted by molar-refractivity contribution is 7.92. The largest absolute Gasteiger partial charge is 0.380 e. The molecule has 166 valence electrons. The molecule has 2 amide bonds. The lowest BCUT2D eigenvalue weighted by molar-refractivity contribution is -0.184. The first-order valence-corrected chi connectivity index (χ1v) is 12.2. The number of nitrogens with one attached hydrogen (secondary N) is 2. The smallest absolute Gasteiger partial charge is 0.332 e. The molecule has 5 rings (SSSR count). The SMILES string of the molecule is [C-]#[N+]N=S(=O)(NC(=O)Nc1c2c(cc3c1CCC3)CCC2)c1ccc(C2(O)COC2)cc1. The Morgan fingerprint density at radius 1 is 1.09 bits per heavy atom. The zero-order chi connectivity index (χ0) is 22.3. The molecule has 1 saturated heterocycles. The number of ether oxygens (including phenoxy) is 1. The number of aryl methyl sites for hydroxylation is 2. The van der Waals surface area contributed by atoms with E-state index in [0.717, 1.165) is 55.3 Å². The van der Waals surface area contributed by atoms with Crippen LogP contribution in [0.1, 0.15) is 40.7 Å². The number of carbonyl (C=O) groups is 1. The fourth-order valence-corrected chi connectivity index (χ4v) is 6.00. The number of anilines is 1. The summed E-state index contributed by atoms with van der Waals surface area (Å²) in [6.07, 6.45) is 5.95. The molecule has 32 heavy (non-hydrogen) atoms. The summed E-state index contributed by atoms with van der Waals surface area (Å²) in [7, 11) is -3.52. The van der Waals surface area contributed by atoms with Crippen LogP contribution in [0.2, 0.25) is 0 Å². The Hall–Kier alpha value is -2.93. The molecule has 1 unspecified atom stereocenters. The quantitative estimate of drug-likeness (QED) is 0.489. The molecule has 8 nitrogen and oxygen atoms in total. The molecule has 0 saturated carbocycles. The predicted octanol–water partition coefficient (Wildman–Crippen LogP) is 3.28. The molecule has 2 aromatic carbocycles. The fourth-order valence-electron chi connectivity index (χ4n) is 4.83. The van der Waals surface area contributed by atoms with Gasteiger partial charge in [-0.15, -0.1) is 4.95 Å². The summed E-state index contributed by atoms with van der Waals surface area (Å²) >= 11 is 0. The van der Waals surface area contributed by atoms with Gasteiger partial charge in [-0.1, -0.05) is 18.2 Å². The van der Waals surface area contributed by atoms with Crippen LogP contribution in [0.15, 0.2) is 39.7 Å². The molecular formula is C23H24N4O4S. The number of carbonyl (C=O) groups excluding carboxylic acids is 1. The van der Waals surface area contributed by atoms with Gasteiger partial charge in [0.1, 0.15) is 5.60 Å². The first-order valence-electron chi connectivity index (χ1n) is 10.7. The van der Waals surface area contributed by atoms with Gasteiger partial charge in [0, 0.05) is 5.69 Å². The van der Waals surface area contributed by atoms with E-state index in [9.17, 15) is 14.1 Å². The maximum absolute atomic E-state index is 13.5. The Balaban J connectivity index is 1.41. The van der Waals surface area contributed by atoms with Crippen molar-refractivity contribution in [3.63, 3.8) is 0 Å². The lowest BCUT2D eigenvalue weighted by Gasteiger charge is -2.36. The van der Waals surface area contributed by atoms with Crippen LogP contribution >= 0.6 is 0 Å². The van der Waals surface area contributed by atoms with Crippen molar-refractivity contribution >= 4 is 21.6 Å². The molecule has 1 atom stereocenters. The van der Waals surface area contributed by atoms with Gasteiger partial charge in [0.05, 0.1) is 18.1 Å². The molecule has 0 bridgehead atoms. The van der Waals surface area contributed by atoms with E-state index in [1.165, 1.54) is 23.3 Å². The van der Waals surface area contributed by atoms with Crippen molar-refractivity contribution in [2.45, 2.75) is 49.0 Å². The Labute approximate surface area is 187 Å². The van der Waals surface area contributed by atoms with Gasteiger partial charge < -0.3 is 15.2 Å². The minimum atomic E-state index is -3.52. The van der Waals surface area contributed by atoms with Crippen LogP contribution in [0.25, 0.3) is 4.95 Å². The number of fused-ring (bicyclic) bond motifs is 2. The van der Waals surface area contributed by atoms with E-state index >= 15 is 0 Å². The zero-order valence-corrected chi connectivity index (χ0v) is 18.3. The highest BCUT2D eigenvalue weighted by atomic mass is 32.2. The average Bonchev–Trinajstić information content (AvgIpc) is 3.41. The minimum absolute atomic E-state index is 0.194. The molecule has 0 spiro atoms. The fraction of sp³-hybridized carbons (Fsp3) is 0.391. The van der Waals surface area contributed by atoms with Gasteiger partial charge >= 0.3 is 6.03 Å². The molecule has 2 aromatic rings. The molecule has 1 fully saturated rings. The first kappa shape index (κ1) is 20.9. The highest BCUT2D eigenvalue weighted by Gasteiger charge is 2.38. The van der Waals surface area contributed by atoms with Crippen LogP contribution in [0.3, 0.4) is 0 Å². The third-order valence-electron chi connectivity index (χ3n) is 6.49. The van der Waals surface area contributed by atoms with Crippen molar-refractivity contribution in [3.8, 4) is 0 Å². The van der Waals surface area contributed by atoms with Gasteiger partial charge in [-0.3, -0.25) is 0 Å². The second-order valence-electron chi connectivity index (χ2n) is 8.55. The Morgan fingerprint density at radius 3 is 2.25 bits per heavy atom. The van der Waals surface area contributed by atoms with E-state index in [2.05, 4.69) is 25.5 Å². The summed E-state index contributed by atoms with van der Waals surface area (Å²) in [6, 6.07) is 7.89. The summed E-state index contributed by atoms with van der Waals surface area (Å²) in [5.74, 6) is 0. The van der Waals surface area contributed by atoms with Crippen LogP contribution in [-0.4, -0.2) is 28.6 Å². The highest BCUT2D eigenvalue weighted by Crippen LogP contribution is 2.38. The second-order valence-corrected chi connectivity index (χ2v) is 10.4. The molecule has 3 N–H and O–H groups in total. The van der Waals surface area contributed by atoms with E-state index in [1.54, 1.807) is 12.1 Å². The van der Waals surface area contributed by atoms with Crippen LogP contribution in [0.4, 0.5) is 10.5 Å². The summed E-state index contributed by atoms with van der Waals surface area (Å²) in [4.78, 5) is 16.1. The van der Waals surface area contributed by atoms with Crippen molar-refractivity contribution < 1.29 is 18.8 Å². The third kappa shape index (κ3) is 3.54. The average molecular weight is 453 g/mol. The standard InChI is InChI=1S/C23H24N4O4S/c1-24-27-32(30,18-10-8-17(9-11-18)23(29)13-31-14-23)26-22(28)25-21-19-6-2-4-15(19)12-16-5-3-7-20(16)21/h8-12,29H,2-7,13-14H2,(H2,25,26,27,28,30). The summed E-state index contributed by atoms with van der Waals surface area (Å²) in [6.45, 7) is 7.49. The molecule has 1 aliphatic heterocycles. The van der Waals surface area contributed by atoms with Crippen molar-refractivity contribution in [2.24, 2.45) is 4.47 Å². The second kappa shape index (κ2) is 7.89. The third-order valence-corrected chi connectivity index (χ3v) is 8.18. The number of amides is 2. The minimum Gasteiger partial charge on any atom is -0.380 e. The molecule has 9 heteroatoms. The van der Waals surface area contributed by atoms with Gasteiger partial charge in [0.2, 0.25) is 9.92 Å². The molecule has 2 aliphatic carbocycles. The van der Waals surface area contributed by atoms with E-state index < -0.39 is 21.5 Å². The lowest BCUT2D eigenvalue weighted by Crippen LogP contribution is -2.46. The van der Waals surface area contributed by atoms with Crippen LogP contribution < -0.4 is 10.0 Å². The predicted molar refractivity (Wildman–Crippen MR) is 119 cm³/mol. The number of benzene rings is 2. The van der Waals surface area contributed by atoms with Crippen LogP contribution in [-0.2, 0) is 45.9 Å². The molecule has 1 heterocycles. The maximum atomic E-state index is 13.5. The lowest BCUT2D eigenvalue weighted by atomic mass is 9.92. The number of nitrogens with zero attached hydrogens (tertiary/aromatic N) is 2. The number of hydrogen-bond acceptors (Lipinski definition) is 5. The normalized spacial score (nSPS) is 19.6. The van der Waals surface area contributed by atoms with Gasteiger partial charge in [0.25, 0.3) is 0 Å². The summed E-state index contributed by atoms with van der Waals surface area (Å²) in [5, 5.41) is 13.3. The Morgan fingerprint density at radius 2 is 1.72 bits per heavy atom. The van der Waals surface area contributed by atoms with E-state index in [-0.39, 0.29) is 18.1 Å². The Kier molecular flexibility index (Phi) is 5.16. The van der Waals surface area contributed by atoms with Gasteiger partial charge in [-0.25, -0.2) is 13.7 Å². The van der Waals surface area contributed by atoms with Crippen LogP contribution in [0.5, 0.6) is 0 Å². The number of urea groups is 1. The summed E-state index contributed by atoms with van der Waals surface area (Å²) in [5.41, 5.74) is 5.27. The monoisotopic (exact) mass is 452 g/mol. The van der Waals surface area contributed by atoms with Crippen molar-refractivity contribution in [1.82, 2.24) is 4.72 Å². The van der Waals surface area contributed by atoms with E-state index in [4.69, 9.17) is 11.3 Å². The van der Waals surface area contributed by atoms with Gasteiger partial charge in [0.15, 0.2) is 4.47 Å². The van der Waals surface area contributed by atoms with Crippen LogP contribution in [0, 0.1) is 6.57 Å². The summed E-state index contributed by atoms with van der Waals surface area (Å²) < 4.78 is 24.5. The topological polar surface area (TPSA) is 104 Å². The van der Waals surface area contributed by atoms with E-state index in [0.29, 0.717) is 5.56 Å². The van der Waals surface area contributed by atoms with Gasteiger partial charge in [-0.05, 0) is 78.5 Å².